The monoisotopic (exact) mass is 599 g/mol. The Kier molecular flexibility index (Phi) is 10.8. The molecule has 39 heavy (non-hydrogen) atoms. The molecule has 9 nitrogen and oxygen atoms in total. The molecule has 0 saturated heterocycles. The SMILES string of the molecule is CC(C)CC(NC(=O)C(Br)CCCCN1C(=O)c2ccccc2C1=O)C(=O)N[C@@H](Cc1ccccc1)C(=O)O. The number of amides is 4. The standard InChI is InChI=1S/C29H34BrN3O6/c1-18(2)16-23(26(35)32-24(29(38)39)17-19-10-4-3-5-11-19)31-25(34)22(30)14-8-9-15-33-27(36)20-12-6-7-13-21(20)28(33)37/h3-7,10-13,18,22-24H,8-9,14-17H2,1-2H3,(H,31,34)(H,32,35)(H,38,39)/t22?,23?,24-/m0/s1. The number of hydrogen-bond donors (Lipinski definition) is 3. The van der Waals surface area contributed by atoms with Crippen molar-refractivity contribution in [2.45, 2.75) is 62.9 Å². The van der Waals surface area contributed by atoms with E-state index in [2.05, 4.69) is 26.6 Å². The molecule has 3 N–H and O–H groups in total. The van der Waals surface area contributed by atoms with Gasteiger partial charge in [0, 0.05) is 13.0 Å². The number of aliphatic carboxylic acids is 1. The van der Waals surface area contributed by atoms with E-state index >= 15 is 0 Å². The Labute approximate surface area is 236 Å². The molecule has 0 aromatic heterocycles. The van der Waals surface area contributed by atoms with Gasteiger partial charge in [-0.1, -0.05) is 78.7 Å². The van der Waals surface area contributed by atoms with Crippen LogP contribution in [0.2, 0.25) is 0 Å². The topological polar surface area (TPSA) is 133 Å². The van der Waals surface area contributed by atoms with Crippen LogP contribution in [0.4, 0.5) is 0 Å². The molecule has 0 fully saturated rings. The Balaban J connectivity index is 1.50. The van der Waals surface area contributed by atoms with Gasteiger partial charge in [-0.25, -0.2) is 4.79 Å². The van der Waals surface area contributed by atoms with Gasteiger partial charge in [-0.2, -0.15) is 0 Å². The number of hydrogen-bond acceptors (Lipinski definition) is 5. The van der Waals surface area contributed by atoms with Crippen molar-refractivity contribution in [3.8, 4) is 0 Å². The Morgan fingerprint density at radius 3 is 1.97 bits per heavy atom. The van der Waals surface area contributed by atoms with Crippen LogP contribution in [0.1, 0.15) is 65.8 Å². The Morgan fingerprint density at radius 2 is 1.41 bits per heavy atom. The third-order valence-electron chi connectivity index (χ3n) is 6.49. The molecule has 2 unspecified atom stereocenters. The molecule has 0 spiro atoms. The number of alkyl halides is 1. The molecule has 2 aromatic carbocycles. The van der Waals surface area contributed by atoms with Crippen molar-refractivity contribution in [1.82, 2.24) is 15.5 Å². The molecule has 3 rings (SSSR count). The number of carbonyl (C=O) groups is 5. The second kappa shape index (κ2) is 14.0. The second-order valence-electron chi connectivity index (χ2n) is 10.1. The number of imide groups is 1. The van der Waals surface area contributed by atoms with Crippen LogP contribution in [0.3, 0.4) is 0 Å². The second-order valence-corrected chi connectivity index (χ2v) is 11.2. The van der Waals surface area contributed by atoms with E-state index in [9.17, 15) is 29.1 Å². The van der Waals surface area contributed by atoms with Crippen LogP contribution >= 0.6 is 15.9 Å². The number of unbranched alkanes of at least 4 members (excludes halogenated alkanes) is 1. The minimum absolute atomic E-state index is 0.0758. The summed E-state index contributed by atoms with van der Waals surface area (Å²) >= 11 is 3.38. The van der Waals surface area contributed by atoms with Gasteiger partial charge in [0.1, 0.15) is 12.1 Å². The molecule has 0 aliphatic carbocycles. The molecular weight excluding hydrogens is 566 g/mol. The molecule has 1 aliphatic rings. The highest BCUT2D eigenvalue weighted by atomic mass is 79.9. The summed E-state index contributed by atoms with van der Waals surface area (Å²) in [6, 6.07) is 13.7. The highest BCUT2D eigenvalue weighted by molar-refractivity contribution is 9.10. The van der Waals surface area contributed by atoms with E-state index in [0.29, 0.717) is 36.8 Å². The zero-order valence-corrected chi connectivity index (χ0v) is 23.6. The van der Waals surface area contributed by atoms with Gasteiger partial charge in [0.15, 0.2) is 0 Å². The molecule has 4 amide bonds. The van der Waals surface area contributed by atoms with Crippen molar-refractivity contribution in [2.75, 3.05) is 6.54 Å². The van der Waals surface area contributed by atoms with Crippen LogP contribution in [0.25, 0.3) is 0 Å². The number of carboxylic acids is 1. The lowest BCUT2D eigenvalue weighted by Gasteiger charge is -2.24. The first kappa shape index (κ1) is 30.0. The van der Waals surface area contributed by atoms with Gasteiger partial charge >= 0.3 is 5.97 Å². The van der Waals surface area contributed by atoms with Crippen molar-refractivity contribution < 1.29 is 29.1 Å². The van der Waals surface area contributed by atoms with E-state index in [1.165, 1.54) is 4.90 Å². The summed E-state index contributed by atoms with van der Waals surface area (Å²) < 4.78 is 0. The molecule has 0 saturated carbocycles. The van der Waals surface area contributed by atoms with E-state index < -0.39 is 28.8 Å². The lowest BCUT2D eigenvalue weighted by molar-refractivity contribution is -0.142. The van der Waals surface area contributed by atoms with Crippen LogP contribution < -0.4 is 10.6 Å². The minimum Gasteiger partial charge on any atom is -0.480 e. The minimum atomic E-state index is -1.15. The van der Waals surface area contributed by atoms with Crippen LogP contribution in [0.15, 0.2) is 54.6 Å². The summed E-state index contributed by atoms with van der Waals surface area (Å²) in [5.74, 6) is -2.63. The first-order valence-corrected chi connectivity index (χ1v) is 14.0. The molecule has 1 heterocycles. The number of fused-ring (bicyclic) bond motifs is 1. The first-order valence-electron chi connectivity index (χ1n) is 13.0. The predicted molar refractivity (Wildman–Crippen MR) is 149 cm³/mol. The molecule has 10 heteroatoms. The highest BCUT2D eigenvalue weighted by Crippen LogP contribution is 2.23. The average molecular weight is 601 g/mol. The predicted octanol–water partition coefficient (Wildman–Crippen LogP) is 3.56. The Morgan fingerprint density at radius 1 is 0.846 bits per heavy atom. The van der Waals surface area contributed by atoms with E-state index in [1.54, 1.807) is 48.5 Å². The van der Waals surface area contributed by atoms with Gasteiger partial charge in [-0.05, 0) is 42.9 Å². The zero-order valence-electron chi connectivity index (χ0n) is 22.1. The number of rotatable bonds is 14. The largest absolute Gasteiger partial charge is 0.480 e. The molecular formula is C29H34BrN3O6. The van der Waals surface area contributed by atoms with Crippen molar-refractivity contribution in [1.29, 1.82) is 0 Å². The number of nitrogens with one attached hydrogen (secondary N) is 2. The van der Waals surface area contributed by atoms with Crippen LogP contribution in [-0.4, -0.2) is 63.1 Å². The van der Waals surface area contributed by atoms with E-state index in [0.717, 1.165) is 5.56 Å². The summed E-state index contributed by atoms with van der Waals surface area (Å²) in [5, 5.41) is 15.0. The van der Waals surface area contributed by atoms with Crippen LogP contribution in [0.5, 0.6) is 0 Å². The maximum Gasteiger partial charge on any atom is 0.326 e. The lowest BCUT2D eigenvalue weighted by atomic mass is 10.0. The van der Waals surface area contributed by atoms with Crippen molar-refractivity contribution >= 4 is 45.5 Å². The number of carboxylic acid groups (broad SMARTS) is 1. The zero-order chi connectivity index (χ0) is 28.5. The van der Waals surface area contributed by atoms with Gasteiger partial charge in [0.25, 0.3) is 11.8 Å². The lowest BCUT2D eigenvalue weighted by Crippen LogP contribution is -2.53. The summed E-state index contributed by atoms with van der Waals surface area (Å²) in [6.07, 6.45) is 1.98. The normalized spacial score (nSPS) is 15.0. The third kappa shape index (κ3) is 8.23. The smallest absolute Gasteiger partial charge is 0.326 e. The van der Waals surface area contributed by atoms with E-state index in [1.807, 2.05) is 19.9 Å². The molecule has 208 valence electrons. The van der Waals surface area contributed by atoms with Crippen molar-refractivity contribution in [3.63, 3.8) is 0 Å². The van der Waals surface area contributed by atoms with Crippen LogP contribution in [-0.2, 0) is 20.8 Å². The van der Waals surface area contributed by atoms with Crippen LogP contribution in [0, 0.1) is 5.92 Å². The summed E-state index contributed by atoms with van der Waals surface area (Å²) in [4.78, 5) is 63.3. The summed E-state index contributed by atoms with van der Waals surface area (Å²) in [6.45, 7) is 4.08. The number of nitrogens with zero attached hydrogens (tertiary/aromatic N) is 1. The molecule has 0 bridgehead atoms. The summed E-state index contributed by atoms with van der Waals surface area (Å²) in [7, 11) is 0. The number of benzene rings is 2. The van der Waals surface area contributed by atoms with Gasteiger partial charge in [-0.15, -0.1) is 0 Å². The molecule has 1 aliphatic heterocycles. The number of carbonyl (C=O) groups excluding carboxylic acids is 4. The fourth-order valence-corrected chi connectivity index (χ4v) is 4.91. The van der Waals surface area contributed by atoms with E-state index in [4.69, 9.17) is 0 Å². The van der Waals surface area contributed by atoms with Gasteiger partial charge < -0.3 is 15.7 Å². The number of halogens is 1. The third-order valence-corrected chi connectivity index (χ3v) is 7.36. The quantitative estimate of drug-likeness (QED) is 0.173. The molecule has 0 radical (unpaired) electrons. The van der Waals surface area contributed by atoms with Crippen molar-refractivity contribution in [3.05, 3.63) is 71.3 Å². The Hall–Kier alpha value is -3.53. The molecule has 2 aromatic rings. The average Bonchev–Trinajstić information content (AvgIpc) is 3.15. The fourth-order valence-electron chi connectivity index (χ4n) is 4.45. The van der Waals surface area contributed by atoms with Crippen molar-refractivity contribution in [2.24, 2.45) is 5.92 Å². The van der Waals surface area contributed by atoms with E-state index in [-0.39, 0.29) is 36.6 Å². The molecule has 3 atom stereocenters. The highest BCUT2D eigenvalue weighted by Gasteiger charge is 2.34. The maximum atomic E-state index is 13.0. The van der Waals surface area contributed by atoms with Gasteiger partial charge in [0.2, 0.25) is 11.8 Å². The Bertz CT molecular complexity index is 1170. The van der Waals surface area contributed by atoms with Gasteiger partial charge in [0.05, 0.1) is 16.0 Å². The maximum absolute atomic E-state index is 13.0. The first-order chi connectivity index (χ1) is 18.6. The summed E-state index contributed by atoms with van der Waals surface area (Å²) in [5.41, 5.74) is 1.59. The van der Waals surface area contributed by atoms with Gasteiger partial charge in [-0.3, -0.25) is 24.1 Å². The fraction of sp³-hybridized carbons (Fsp3) is 0.414.